The van der Waals surface area contributed by atoms with Crippen LogP contribution >= 0.6 is 0 Å². The maximum atomic E-state index is 9.48. The highest BCUT2D eigenvalue weighted by Gasteiger charge is 2.07. The number of hydrogen-bond donors (Lipinski definition) is 3. The molecule has 5 heteroatoms. The van der Waals surface area contributed by atoms with E-state index in [-0.39, 0.29) is 12.7 Å². The molecule has 0 aliphatic rings. The van der Waals surface area contributed by atoms with Gasteiger partial charge in [-0.1, -0.05) is 36.4 Å². The molecule has 0 aliphatic heterocycles. The Kier molecular flexibility index (Phi) is 8.14. The summed E-state index contributed by atoms with van der Waals surface area (Å²) in [6.07, 6.45) is 0.121. The summed E-state index contributed by atoms with van der Waals surface area (Å²) < 4.78 is 5.94. The van der Waals surface area contributed by atoms with E-state index < -0.39 is 0 Å². The van der Waals surface area contributed by atoms with E-state index >= 15 is 0 Å². The molecule has 27 heavy (non-hydrogen) atoms. The van der Waals surface area contributed by atoms with Gasteiger partial charge in [0.15, 0.2) is 5.96 Å². The van der Waals surface area contributed by atoms with Crippen LogP contribution in [-0.2, 0) is 19.7 Å². The standard InChI is InChI=1S/C22H31N3O2/c1-5-23-22(24-13-18-8-6-7-9-20(18)15-26)25-14-19-11-10-17(4)12-21(19)27-16(2)3/h6-12,16,26H,5,13-15H2,1-4H3,(H2,23,24,25). The third-order valence-electron chi connectivity index (χ3n) is 4.07. The molecule has 0 atom stereocenters. The third kappa shape index (κ3) is 6.61. The highest BCUT2D eigenvalue weighted by molar-refractivity contribution is 5.79. The molecule has 0 spiro atoms. The summed E-state index contributed by atoms with van der Waals surface area (Å²) in [6.45, 7) is 10.1. The van der Waals surface area contributed by atoms with Crippen molar-refractivity contribution >= 4 is 5.96 Å². The molecule has 0 saturated heterocycles. The Morgan fingerprint density at radius 2 is 1.81 bits per heavy atom. The first-order valence-corrected chi connectivity index (χ1v) is 9.49. The minimum atomic E-state index is 0.0325. The molecule has 0 unspecified atom stereocenters. The number of nitrogens with one attached hydrogen (secondary N) is 2. The second-order valence-electron chi connectivity index (χ2n) is 6.75. The first kappa shape index (κ1) is 20.8. The van der Waals surface area contributed by atoms with Crippen molar-refractivity contribution < 1.29 is 9.84 Å². The van der Waals surface area contributed by atoms with Crippen molar-refractivity contribution in [2.24, 2.45) is 4.99 Å². The highest BCUT2D eigenvalue weighted by atomic mass is 16.5. The number of hydrogen-bond acceptors (Lipinski definition) is 3. The summed E-state index contributed by atoms with van der Waals surface area (Å²) in [6, 6.07) is 14.1. The summed E-state index contributed by atoms with van der Waals surface area (Å²) in [5.74, 6) is 1.62. The molecular weight excluding hydrogens is 338 g/mol. The van der Waals surface area contributed by atoms with Gasteiger partial charge in [0, 0.05) is 18.7 Å². The zero-order valence-corrected chi connectivity index (χ0v) is 16.7. The Labute approximate surface area is 162 Å². The van der Waals surface area contributed by atoms with Crippen molar-refractivity contribution in [3.63, 3.8) is 0 Å². The Morgan fingerprint density at radius 1 is 1.07 bits per heavy atom. The van der Waals surface area contributed by atoms with Gasteiger partial charge in [-0.3, -0.25) is 0 Å². The second kappa shape index (κ2) is 10.6. The van der Waals surface area contributed by atoms with Crippen molar-refractivity contribution in [1.82, 2.24) is 10.6 Å². The lowest BCUT2D eigenvalue weighted by Crippen LogP contribution is -2.37. The van der Waals surface area contributed by atoms with Gasteiger partial charge in [-0.25, -0.2) is 4.99 Å². The molecule has 0 aliphatic carbocycles. The minimum Gasteiger partial charge on any atom is -0.491 e. The van der Waals surface area contributed by atoms with Gasteiger partial charge in [0.1, 0.15) is 5.75 Å². The molecule has 0 bridgehead atoms. The van der Waals surface area contributed by atoms with E-state index in [0.29, 0.717) is 13.1 Å². The molecule has 3 N–H and O–H groups in total. The number of nitrogens with zero attached hydrogens (tertiary/aromatic N) is 1. The molecule has 5 nitrogen and oxygen atoms in total. The fourth-order valence-electron chi connectivity index (χ4n) is 2.73. The van der Waals surface area contributed by atoms with E-state index in [1.807, 2.05) is 45.0 Å². The van der Waals surface area contributed by atoms with Crippen LogP contribution in [-0.4, -0.2) is 23.7 Å². The van der Waals surface area contributed by atoms with E-state index in [9.17, 15) is 5.11 Å². The first-order valence-electron chi connectivity index (χ1n) is 9.49. The first-order chi connectivity index (χ1) is 13.0. The predicted octanol–water partition coefficient (Wildman–Crippen LogP) is 3.53. The molecule has 2 aromatic rings. The largest absolute Gasteiger partial charge is 0.491 e. The van der Waals surface area contributed by atoms with E-state index in [2.05, 4.69) is 35.8 Å². The lowest BCUT2D eigenvalue weighted by atomic mass is 10.1. The molecular formula is C22H31N3O2. The average molecular weight is 370 g/mol. The van der Waals surface area contributed by atoms with Gasteiger partial charge in [0.05, 0.1) is 19.3 Å². The van der Waals surface area contributed by atoms with Crippen LogP contribution in [0.3, 0.4) is 0 Å². The van der Waals surface area contributed by atoms with E-state index in [4.69, 9.17) is 9.73 Å². The molecule has 2 aromatic carbocycles. The Balaban J connectivity index is 2.11. The van der Waals surface area contributed by atoms with Crippen molar-refractivity contribution in [3.05, 3.63) is 64.7 Å². The van der Waals surface area contributed by atoms with Gasteiger partial charge in [-0.2, -0.15) is 0 Å². The molecule has 0 fully saturated rings. The van der Waals surface area contributed by atoms with E-state index in [0.717, 1.165) is 34.9 Å². The van der Waals surface area contributed by atoms with Crippen molar-refractivity contribution in [2.45, 2.75) is 53.5 Å². The van der Waals surface area contributed by atoms with Crippen LogP contribution in [0.15, 0.2) is 47.5 Å². The summed E-state index contributed by atoms with van der Waals surface area (Å²) in [7, 11) is 0. The molecule has 0 aromatic heterocycles. The molecule has 2 rings (SSSR count). The molecule has 0 amide bonds. The van der Waals surface area contributed by atoms with Gasteiger partial charge < -0.3 is 20.5 Å². The van der Waals surface area contributed by atoms with Gasteiger partial charge in [0.25, 0.3) is 0 Å². The quantitative estimate of drug-likeness (QED) is 0.492. The number of aliphatic hydroxyl groups excluding tert-OH is 1. The van der Waals surface area contributed by atoms with Crippen molar-refractivity contribution in [1.29, 1.82) is 0 Å². The fourth-order valence-corrected chi connectivity index (χ4v) is 2.73. The molecule has 146 valence electrons. The van der Waals surface area contributed by atoms with E-state index in [1.165, 1.54) is 5.56 Å². The van der Waals surface area contributed by atoms with Crippen LogP contribution in [0, 0.1) is 6.92 Å². The maximum absolute atomic E-state index is 9.48. The van der Waals surface area contributed by atoms with Crippen molar-refractivity contribution in [2.75, 3.05) is 6.54 Å². The summed E-state index contributed by atoms with van der Waals surface area (Å²) in [5.41, 5.74) is 4.21. The number of aryl methyl sites for hydroxylation is 1. The molecule has 0 heterocycles. The lowest BCUT2D eigenvalue weighted by molar-refractivity contribution is 0.240. The van der Waals surface area contributed by atoms with Crippen LogP contribution in [0.4, 0.5) is 0 Å². The average Bonchev–Trinajstić information content (AvgIpc) is 2.65. The number of ether oxygens (including phenoxy) is 1. The lowest BCUT2D eigenvalue weighted by Gasteiger charge is -2.16. The number of rotatable bonds is 8. The minimum absolute atomic E-state index is 0.0325. The second-order valence-corrected chi connectivity index (χ2v) is 6.75. The SMILES string of the molecule is CCNC(=NCc1ccc(C)cc1OC(C)C)NCc1ccccc1CO. The summed E-state index contributed by atoms with van der Waals surface area (Å²) >= 11 is 0. The topological polar surface area (TPSA) is 65.9 Å². The predicted molar refractivity (Wildman–Crippen MR) is 111 cm³/mol. The van der Waals surface area contributed by atoms with Crippen molar-refractivity contribution in [3.8, 4) is 5.75 Å². The van der Waals surface area contributed by atoms with Crippen LogP contribution in [0.5, 0.6) is 5.75 Å². The number of benzene rings is 2. The third-order valence-corrected chi connectivity index (χ3v) is 4.07. The van der Waals surface area contributed by atoms with Gasteiger partial charge in [-0.05, 0) is 50.5 Å². The Bertz CT molecular complexity index is 757. The van der Waals surface area contributed by atoms with Crippen LogP contribution in [0.25, 0.3) is 0 Å². The summed E-state index contributed by atoms with van der Waals surface area (Å²) in [4.78, 5) is 4.70. The fraction of sp³-hybridized carbons (Fsp3) is 0.409. The molecule has 0 saturated carbocycles. The zero-order valence-electron chi connectivity index (χ0n) is 16.7. The Morgan fingerprint density at radius 3 is 2.48 bits per heavy atom. The summed E-state index contributed by atoms with van der Waals surface area (Å²) in [5, 5.41) is 16.1. The number of aliphatic imine (C=N–C) groups is 1. The number of aliphatic hydroxyl groups is 1. The normalized spacial score (nSPS) is 11.6. The monoisotopic (exact) mass is 369 g/mol. The van der Waals surface area contributed by atoms with Crippen LogP contribution in [0.2, 0.25) is 0 Å². The Hall–Kier alpha value is -2.53. The van der Waals surface area contributed by atoms with Crippen LogP contribution in [0.1, 0.15) is 43.0 Å². The maximum Gasteiger partial charge on any atom is 0.191 e. The highest BCUT2D eigenvalue weighted by Crippen LogP contribution is 2.22. The smallest absolute Gasteiger partial charge is 0.191 e. The van der Waals surface area contributed by atoms with Gasteiger partial charge in [-0.15, -0.1) is 0 Å². The number of guanidine groups is 1. The van der Waals surface area contributed by atoms with E-state index in [1.54, 1.807) is 0 Å². The zero-order chi connectivity index (χ0) is 19.6. The van der Waals surface area contributed by atoms with Gasteiger partial charge in [0.2, 0.25) is 0 Å². The molecule has 0 radical (unpaired) electrons. The van der Waals surface area contributed by atoms with Gasteiger partial charge >= 0.3 is 0 Å². The van der Waals surface area contributed by atoms with Crippen LogP contribution < -0.4 is 15.4 Å².